The number of furan rings is 1. The molecule has 2 aromatic heterocycles. The fourth-order valence-electron chi connectivity index (χ4n) is 4.05. The summed E-state index contributed by atoms with van der Waals surface area (Å²) >= 11 is 0. The molecule has 7 heteroatoms. The average Bonchev–Trinajstić information content (AvgIpc) is 3.32. The number of carbonyl (C=O) groups is 1. The molecule has 0 radical (unpaired) electrons. The van der Waals surface area contributed by atoms with Gasteiger partial charge >= 0.3 is 0 Å². The summed E-state index contributed by atoms with van der Waals surface area (Å²) in [4.78, 5) is 17.1. The van der Waals surface area contributed by atoms with Crippen molar-refractivity contribution >= 4 is 5.91 Å². The average molecular weight is 423 g/mol. The number of aryl methyl sites for hydroxylation is 4. The Kier molecular flexibility index (Phi) is 6.13. The Morgan fingerprint density at radius 1 is 1.06 bits per heavy atom. The zero-order chi connectivity index (χ0) is 22.0. The maximum absolute atomic E-state index is 12.9. The van der Waals surface area contributed by atoms with Crippen LogP contribution in [0.3, 0.4) is 0 Å². The van der Waals surface area contributed by atoms with Gasteiger partial charge in [-0.1, -0.05) is 6.07 Å². The van der Waals surface area contributed by atoms with Gasteiger partial charge in [0, 0.05) is 51.5 Å². The SMILES string of the molecule is Cc1cc(C)cc(OCc2ccc(C(=O)N3CCN(Cc4cn(C)nc4C)CC3)o2)c1. The van der Waals surface area contributed by atoms with Crippen LogP contribution in [0.1, 0.15) is 38.7 Å². The van der Waals surface area contributed by atoms with E-state index in [1.165, 1.54) is 5.56 Å². The highest BCUT2D eigenvalue weighted by molar-refractivity contribution is 5.91. The Hall–Kier alpha value is -3.06. The van der Waals surface area contributed by atoms with Crippen LogP contribution in [0.2, 0.25) is 0 Å². The lowest BCUT2D eigenvalue weighted by atomic mass is 10.1. The number of ether oxygens (including phenoxy) is 1. The number of aromatic nitrogens is 2. The zero-order valence-corrected chi connectivity index (χ0v) is 18.7. The van der Waals surface area contributed by atoms with E-state index in [0.717, 1.165) is 42.2 Å². The Morgan fingerprint density at radius 2 is 1.77 bits per heavy atom. The molecule has 3 heterocycles. The smallest absolute Gasteiger partial charge is 0.289 e. The maximum Gasteiger partial charge on any atom is 0.289 e. The van der Waals surface area contributed by atoms with E-state index in [-0.39, 0.29) is 5.91 Å². The van der Waals surface area contributed by atoms with Crippen molar-refractivity contribution in [1.29, 1.82) is 0 Å². The number of rotatable bonds is 6. The molecule has 0 atom stereocenters. The number of amides is 1. The van der Waals surface area contributed by atoms with Gasteiger partial charge in [0.1, 0.15) is 18.1 Å². The van der Waals surface area contributed by atoms with Crippen LogP contribution < -0.4 is 4.74 Å². The third kappa shape index (κ3) is 5.17. The largest absolute Gasteiger partial charge is 0.486 e. The van der Waals surface area contributed by atoms with Crippen LogP contribution in [0.5, 0.6) is 5.75 Å². The molecule has 7 nitrogen and oxygen atoms in total. The second-order valence-corrected chi connectivity index (χ2v) is 8.36. The first-order chi connectivity index (χ1) is 14.9. The second kappa shape index (κ2) is 8.98. The van der Waals surface area contributed by atoms with Crippen molar-refractivity contribution in [2.24, 2.45) is 7.05 Å². The maximum atomic E-state index is 12.9. The van der Waals surface area contributed by atoms with Crippen LogP contribution in [-0.4, -0.2) is 51.7 Å². The van der Waals surface area contributed by atoms with Crippen LogP contribution in [0, 0.1) is 20.8 Å². The molecule has 1 aliphatic heterocycles. The van der Waals surface area contributed by atoms with Gasteiger partial charge in [0.2, 0.25) is 0 Å². The lowest BCUT2D eigenvalue weighted by molar-refractivity contribution is 0.0594. The van der Waals surface area contributed by atoms with Gasteiger partial charge in [-0.15, -0.1) is 0 Å². The molecule has 31 heavy (non-hydrogen) atoms. The highest BCUT2D eigenvalue weighted by atomic mass is 16.5. The normalized spacial score (nSPS) is 14.8. The van der Waals surface area contributed by atoms with E-state index in [1.54, 1.807) is 6.07 Å². The van der Waals surface area contributed by atoms with Gasteiger partial charge in [-0.05, 0) is 56.2 Å². The Morgan fingerprint density at radius 3 is 2.42 bits per heavy atom. The molecule has 1 fully saturated rings. The zero-order valence-electron chi connectivity index (χ0n) is 18.7. The highest BCUT2D eigenvalue weighted by Crippen LogP contribution is 2.19. The minimum Gasteiger partial charge on any atom is -0.486 e. The summed E-state index contributed by atoms with van der Waals surface area (Å²) in [6.45, 7) is 10.3. The van der Waals surface area contributed by atoms with Crippen molar-refractivity contribution in [2.75, 3.05) is 26.2 Å². The van der Waals surface area contributed by atoms with E-state index >= 15 is 0 Å². The van der Waals surface area contributed by atoms with Crippen LogP contribution in [-0.2, 0) is 20.2 Å². The standard InChI is InChI=1S/C24H30N4O3/c1-17-11-18(2)13-22(12-17)30-16-21-5-6-23(31-21)24(29)28-9-7-27(8-10-28)15-20-14-26(4)25-19(20)3/h5-6,11-14H,7-10,15-16H2,1-4H3. The molecular formula is C24H30N4O3. The van der Waals surface area contributed by atoms with Crippen molar-refractivity contribution in [3.63, 3.8) is 0 Å². The first kappa shape index (κ1) is 21.2. The molecule has 4 rings (SSSR count). The Bertz CT molecular complexity index is 1040. The van der Waals surface area contributed by atoms with Crippen LogP contribution in [0.25, 0.3) is 0 Å². The Balaban J connectivity index is 1.29. The molecule has 0 spiro atoms. The highest BCUT2D eigenvalue weighted by Gasteiger charge is 2.25. The molecular weight excluding hydrogens is 392 g/mol. The topological polar surface area (TPSA) is 63.7 Å². The number of nitrogens with zero attached hydrogens (tertiary/aromatic N) is 4. The lowest BCUT2D eigenvalue weighted by Crippen LogP contribution is -2.48. The number of piperazine rings is 1. The van der Waals surface area contributed by atoms with Crippen molar-refractivity contribution in [3.05, 3.63) is 70.4 Å². The first-order valence-corrected chi connectivity index (χ1v) is 10.7. The van der Waals surface area contributed by atoms with Gasteiger partial charge in [-0.3, -0.25) is 14.4 Å². The molecule has 0 unspecified atom stereocenters. The van der Waals surface area contributed by atoms with E-state index in [1.807, 2.05) is 55.6 Å². The summed E-state index contributed by atoms with van der Waals surface area (Å²) in [5, 5.41) is 4.41. The van der Waals surface area contributed by atoms with Crippen molar-refractivity contribution in [3.8, 4) is 5.75 Å². The number of benzene rings is 1. The minimum absolute atomic E-state index is 0.0603. The van der Waals surface area contributed by atoms with Crippen molar-refractivity contribution < 1.29 is 13.9 Å². The lowest BCUT2D eigenvalue weighted by Gasteiger charge is -2.34. The number of hydrogen-bond acceptors (Lipinski definition) is 5. The van der Waals surface area contributed by atoms with Gasteiger partial charge < -0.3 is 14.1 Å². The van der Waals surface area contributed by atoms with Gasteiger partial charge in [-0.25, -0.2) is 0 Å². The van der Waals surface area contributed by atoms with Gasteiger partial charge in [0.25, 0.3) is 5.91 Å². The molecule has 0 bridgehead atoms. The van der Waals surface area contributed by atoms with E-state index in [2.05, 4.69) is 22.3 Å². The predicted molar refractivity (Wildman–Crippen MR) is 118 cm³/mol. The molecule has 0 N–H and O–H groups in total. The van der Waals surface area contributed by atoms with E-state index in [9.17, 15) is 4.79 Å². The molecule has 1 aliphatic rings. The Labute approximate surface area is 183 Å². The van der Waals surface area contributed by atoms with Crippen LogP contribution in [0.4, 0.5) is 0 Å². The van der Waals surface area contributed by atoms with E-state index < -0.39 is 0 Å². The fraction of sp³-hybridized carbons (Fsp3) is 0.417. The van der Waals surface area contributed by atoms with Crippen molar-refractivity contribution in [1.82, 2.24) is 19.6 Å². The summed E-state index contributed by atoms with van der Waals surface area (Å²) in [5.74, 6) is 1.76. The third-order valence-electron chi connectivity index (χ3n) is 5.62. The molecule has 0 saturated carbocycles. The molecule has 1 amide bonds. The quantitative estimate of drug-likeness (QED) is 0.609. The van der Waals surface area contributed by atoms with Crippen LogP contribution >= 0.6 is 0 Å². The fourth-order valence-corrected chi connectivity index (χ4v) is 4.05. The monoisotopic (exact) mass is 422 g/mol. The van der Waals surface area contributed by atoms with Gasteiger partial charge in [0.15, 0.2) is 5.76 Å². The summed E-state index contributed by atoms with van der Waals surface area (Å²) in [6, 6.07) is 9.66. The minimum atomic E-state index is -0.0603. The molecule has 0 aliphatic carbocycles. The van der Waals surface area contributed by atoms with E-state index in [4.69, 9.17) is 9.15 Å². The molecule has 3 aromatic rings. The van der Waals surface area contributed by atoms with Gasteiger partial charge in [-0.2, -0.15) is 5.10 Å². The molecule has 1 aromatic carbocycles. The van der Waals surface area contributed by atoms with Gasteiger partial charge in [0.05, 0.1) is 5.69 Å². The molecule has 164 valence electrons. The summed E-state index contributed by atoms with van der Waals surface area (Å²) in [6.07, 6.45) is 2.07. The number of hydrogen-bond donors (Lipinski definition) is 0. The summed E-state index contributed by atoms with van der Waals surface area (Å²) < 4.78 is 13.5. The second-order valence-electron chi connectivity index (χ2n) is 8.36. The molecule has 1 saturated heterocycles. The van der Waals surface area contributed by atoms with E-state index in [0.29, 0.717) is 31.2 Å². The van der Waals surface area contributed by atoms with Crippen LogP contribution in [0.15, 0.2) is 40.9 Å². The first-order valence-electron chi connectivity index (χ1n) is 10.7. The third-order valence-corrected chi connectivity index (χ3v) is 5.62. The summed E-state index contributed by atoms with van der Waals surface area (Å²) in [5.41, 5.74) is 4.61. The predicted octanol–water partition coefficient (Wildman–Crippen LogP) is 3.48. The van der Waals surface area contributed by atoms with Crippen molar-refractivity contribution in [2.45, 2.75) is 33.9 Å². The summed E-state index contributed by atoms with van der Waals surface area (Å²) in [7, 11) is 1.94. The number of carbonyl (C=O) groups excluding carboxylic acids is 1.